The van der Waals surface area contributed by atoms with E-state index >= 15 is 0 Å². The maximum atomic E-state index is 12.7. The van der Waals surface area contributed by atoms with Crippen LogP contribution in [0.5, 0.6) is 0 Å². The third-order valence-electron chi connectivity index (χ3n) is 6.08. The zero-order chi connectivity index (χ0) is 27.9. The molecule has 0 spiro atoms. The van der Waals surface area contributed by atoms with Crippen molar-refractivity contribution in [2.24, 2.45) is 0 Å². The van der Waals surface area contributed by atoms with E-state index < -0.39 is 5.91 Å². The number of hydrogen-bond donors (Lipinski definition) is 2. The Kier molecular flexibility index (Phi) is 8.38. The molecule has 2 N–H and O–H groups in total. The van der Waals surface area contributed by atoms with Crippen molar-refractivity contribution in [2.45, 2.75) is 13.1 Å². The van der Waals surface area contributed by atoms with Crippen LogP contribution in [0, 0.1) is 0 Å². The molecular formula is C30H29N7O2S. The summed E-state index contributed by atoms with van der Waals surface area (Å²) in [6.07, 6.45) is 7.19. The van der Waals surface area contributed by atoms with Crippen LogP contribution in [0.25, 0.3) is 17.0 Å². The summed E-state index contributed by atoms with van der Waals surface area (Å²) < 4.78 is 1.49. The first-order valence-electron chi connectivity index (χ1n) is 12.7. The lowest BCUT2D eigenvalue weighted by atomic mass is 10.1. The average molecular weight is 552 g/mol. The molecular weight excluding hydrogens is 522 g/mol. The fourth-order valence-electron chi connectivity index (χ4n) is 4.17. The lowest BCUT2D eigenvalue weighted by Crippen LogP contribution is -2.33. The number of nitrogens with one attached hydrogen (secondary N) is 2. The Bertz CT molecular complexity index is 1690. The van der Waals surface area contributed by atoms with Crippen LogP contribution in [0.1, 0.15) is 27.2 Å². The van der Waals surface area contributed by atoms with Crippen LogP contribution in [0.15, 0.2) is 88.8 Å². The zero-order valence-corrected chi connectivity index (χ0v) is 23.1. The van der Waals surface area contributed by atoms with Crippen molar-refractivity contribution in [3.8, 4) is 0 Å². The van der Waals surface area contributed by atoms with Gasteiger partial charge >= 0.3 is 0 Å². The summed E-state index contributed by atoms with van der Waals surface area (Å²) in [5.74, 6) is 0.118. The highest BCUT2D eigenvalue weighted by Crippen LogP contribution is 2.19. The van der Waals surface area contributed by atoms with E-state index in [4.69, 9.17) is 0 Å². The zero-order valence-electron chi connectivity index (χ0n) is 22.2. The van der Waals surface area contributed by atoms with Crippen LogP contribution in [0.3, 0.4) is 0 Å². The highest BCUT2D eigenvalue weighted by Gasteiger charge is 2.12. The summed E-state index contributed by atoms with van der Waals surface area (Å²) in [6, 6.07) is 17.3. The average Bonchev–Trinajstić information content (AvgIpc) is 3.46. The molecule has 0 unspecified atom stereocenters. The highest BCUT2D eigenvalue weighted by atomic mass is 32.1. The second-order valence-corrected chi connectivity index (χ2v) is 10.2. The quantitative estimate of drug-likeness (QED) is 0.262. The fraction of sp³-hybridized carbons (Fsp3) is 0.167. The van der Waals surface area contributed by atoms with Crippen molar-refractivity contribution in [3.63, 3.8) is 0 Å². The number of carbonyl (C=O) groups is 1. The van der Waals surface area contributed by atoms with E-state index in [1.165, 1.54) is 27.5 Å². The van der Waals surface area contributed by atoms with Crippen molar-refractivity contribution in [2.75, 3.05) is 26.0 Å². The number of hydrogen-bond acceptors (Lipinski definition) is 8. The molecule has 0 atom stereocenters. The molecule has 9 nitrogen and oxygen atoms in total. The van der Waals surface area contributed by atoms with E-state index in [-0.39, 0.29) is 17.7 Å². The minimum Gasteiger partial charge on any atom is -0.348 e. The molecule has 0 bridgehead atoms. The normalized spacial score (nSPS) is 11.4. The topological polar surface area (TPSA) is 105 Å². The predicted octanol–water partition coefficient (Wildman–Crippen LogP) is 4.54. The number of fused-ring (bicyclic) bond motifs is 1. The number of benzene rings is 2. The highest BCUT2D eigenvalue weighted by molar-refractivity contribution is 7.07. The minimum absolute atomic E-state index is 0.0999. The third kappa shape index (κ3) is 6.85. The van der Waals surface area contributed by atoms with Gasteiger partial charge < -0.3 is 20.1 Å². The Balaban J connectivity index is 1.18. The van der Waals surface area contributed by atoms with Crippen molar-refractivity contribution >= 4 is 45.9 Å². The SMILES string of the molecule is CN(C)Cc1ccc(Nc2ncc3cc(/C=C/CNC(=O)c4cccn(Cc5cscn5)c4=O)ccc3n2)cc1. The molecule has 0 saturated carbocycles. The van der Waals surface area contributed by atoms with Crippen molar-refractivity contribution < 1.29 is 4.79 Å². The van der Waals surface area contributed by atoms with Gasteiger partial charge in [0.1, 0.15) is 5.56 Å². The molecule has 202 valence electrons. The summed E-state index contributed by atoms with van der Waals surface area (Å²) in [4.78, 5) is 40.8. The van der Waals surface area contributed by atoms with Gasteiger partial charge in [-0.1, -0.05) is 30.4 Å². The summed E-state index contributed by atoms with van der Waals surface area (Å²) in [5, 5.41) is 8.83. The second-order valence-electron chi connectivity index (χ2n) is 9.52. The van der Waals surface area contributed by atoms with Gasteiger partial charge in [-0.15, -0.1) is 11.3 Å². The number of carbonyl (C=O) groups excluding carboxylic acids is 1. The third-order valence-corrected chi connectivity index (χ3v) is 6.72. The molecule has 5 rings (SSSR count). The summed E-state index contributed by atoms with van der Waals surface area (Å²) >= 11 is 1.47. The fourth-order valence-corrected chi connectivity index (χ4v) is 4.72. The van der Waals surface area contributed by atoms with Gasteiger partial charge in [0.2, 0.25) is 5.95 Å². The minimum atomic E-state index is -0.415. The molecule has 0 saturated heterocycles. The number of rotatable bonds is 10. The standard InChI is InChI=1S/C30H29N7O2S/c1-36(2)17-22-7-10-24(11-8-22)34-30-32-16-23-15-21(9-12-27(23)35-30)5-3-13-31-28(38)26-6-4-14-37(29(26)39)18-25-19-40-20-33-25/h3-12,14-16,19-20H,13,17-18H2,1-2H3,(H,31,38)(H,32,34,35)/b5-3+. The molecule has 0 radical (unpaired) electrons. The van der Waals surface area contributed by atoms with Gasteiger partial charge in [-0.25, -0.2) is 15.0 Å². The lowest BCUT2D eigenvalue weighted by molar-refractivity contribution is 0.0956. The van der Waals surface area contributed by atoms with Gasteiger partial charge in [0.05, 0.1) is 23.3 Å². The lowest BCUT2D eigenvalue weighted by Gasteiger charge is -2.11. The molecule has 3 heterocycles. The van der Waals surface area contributed by atoms with Crippen LogP contribution in [0.4, 0.5) is 11.6 Å². The van der Waals surface area contributed by atoms with Gasteiger partial charge in [0.25, 0.3) is 11.5 Å². The number of anilines is 2. The van der Waals surface area contributed by atoms with Crippen molar-refractivity contribution in [1.29, 1.82) is 0 Å². The van der Waals surface area contributed by atoms with Crippen LogP contribution in [0.2, 0.25) is 0 Å². The monoisotopic (exact) mass is 551 g/mol. The van der Waals surface area contributed by atoms with Crippen molar-refractivity contribution in [3.05, 3.63) is 117 Å². The van der Waals surface area contributed by atoms with Gasteiger partial charge in [0.15, 0.2) is 0 Å². The van der Waals surface area contributed by atoms with Gasteiger partial charge in [0, 0.05) is 41.9 Å². The molecule has 0 aliphatic carbocycles. The maximum absolute atomic E-state index is 12.7. The first-order valence-corrected chi connectivity index (χ1v) is 13.7. The Morgan fingerprint density at radius 2 is 1.95 bits per heavy atom. The smallest absolute Gasteiger partial charge is 0.263 e. The van der Waals surface area contributed by atoms with Crippen LogP contribution in [-0.4, -0.2) is 51.0 Å². The Morgan fingerprint density at radius 1 is 1.10 bits per heavy atom. The second kappa shape index (κ2) is 12.5. The van der Waals surface area contributed by atoms with Gasteiger partial charge in [-0.05, 0) is 61.6 Å². The number of pyridine rings is 1. The van der Waals surface area contributed by atoms with E-state index in [1.807, 2.05) is 62.0 Å². The molecule has 0 aliphatic heterocycles. The van der Waals surface area contributed by atoms with Crippen LogP contribution < -0.4 is 16.2 Å². The summed E-state index contributed by atoms with van der Waals surface area (Å²) in [7, 11) is 4.09. The largest absolute Gasteiger partial charge is 0.348 e. The van der Waals surface area contributed by atoms with E-state index in [0.29, 0.717) is 12.5 Å². The number of aromatic nitrogens is 4. The van der Waals surface area contributed by atoms with Crippen LogP contribution in [-0.2, 0) is 13.1 Å². The Morgan fingerprint density at radius 3 is 2.73 bits per heavy atom. The van der Waals surface area contributed by atoms with E-state index in [0.717, 1.165) is 34.4 Å². The molecule has 3 aromatic heterocycles. The first kappa shape index (κ1) is 26.9. The van der Waals surface area contributed by atoms with Gasteiger partial charge in [-0.2, -0.15) is 0 Å². The Hall–Kier alpha value is -4.67. The van der Waals surface area contributed by atoms with Crippen molar-refractivity contribution in [1.82, 2.24) is 29.7 Å². The molecule has 0 fully saturated rings. The van der Waals surface area contributed by atoms with Gasteiger partial charge in [-0.3, -0.25) is 9.59 Å². The Labute approximate surface area is 235 Å². The van der Waals surface area contributed by atoms with Crippen LogP contribution >= 0.6 is 11.3 Å². The van der Waals surface area contributed by atoms with E-state index in [2.05, 4.69) is 42.6 Å². The summed E-state index contributed by atoms with van der Waals surface area (Å²) in [6.45, 7) is 1.50. The van der Waals surface area contributed by atoms with E-state index in [9.17, 15) is 9.59 Å². The summed E-state index contributed by atoms with van der Waals surface area (Å²) in [5.41, 5.74) is 6.20. The van der Waals surface area contributed by atoms with E-state index in [1.54, 1.807) is 24.0 Å². The molecule has 5 aromatic rings. The molecule has 0 aliphatic rings. The maximum Gasteiger partial charge on any atom is 0.263 e. The number of amides is 1. The number of nitrogens with zero attached hydrogens (tertiary/aromatic N) is 5. The molecule has 10 heteroatoms. The molecule has 1 amide bonds. The number of thiazole rings is 1. The molecule has 40 heavy (non-hydrogen) atoms. The first-order chi connectivity index (χ1) is 19.4. The predicted molar refractivity (Wildman–Crippen MR) is 160 cm³/mol. The molecule has 2 aromatic carbocycles.